The molecule has 2 heterocycles. The van der Waals surface area contributed by atoms with E-state index in [0.29, 0.717) is 0 Å². The number of hydrogen-bond donors (Lipinski definition) is 1. The molecule has 2 aromatic heterocycles. The first-order valence-electron chi connectivity index (χ1n) is 6.42. The van der Waals surface area contributed by atoms with Crippen LogP contribution in [-0.2, 0) is 20.6 Å². The Balaban J connectivity index is 2.24. The Bertz CT molecular complexity index is 721. The highest BCUT2D eigenvalue weighted by Gasteiger charge is 2.14. The molecule has 0 amide bonds. The van der Waals surface area contributed by atoms with Gasteiger partial charge in [0.15, 0.2) is 0 Å². The van der Waals surface area contributed by atoms with Crippen molar-refractivity contribution in [1.29, 1.82) is 0 Å². The number of rotatable bonds is 3. The van der Waals surface area contributed by atoms with Gasteiger partial charge in [-0.15, -0.1) is 0 Å². The van der Waals surface area contributed by atoms with E-state index in [1.807, 2.05) is 18.8 Å². The molecule has 1 aromatic carbocycles. The number of nitrogens with one attached hydrogen (secondary N) is 1. The van der Waals surface area contributed by atoms with Gasteiger partial charge in [-0.25, -0.2) is 0 Å². The minimum Gasteiger partial charge on any atom is -0.350 e. The molecule has 0 aliphatic carbocycles. The van der Waals surface area contributed by atoms with E-state index in [-0.39, 0.29) is 0 Å². The maximum atomic E-state index is 4.54. The Kier molecular flexibility index (Phi) is 2.87. The molecule has 1 N–H and O–H groups in total. The van der Waals surface area contributed by atoms with Gasteiger partial charge in [-0.1, -0.05) is 18.2 Å². The zero-order chi connectivity index (χ0) is 13.4. The van der Waals surface area contributed by atoms with E-state index in [4.69, 9.17) is 0 Å². The fourth-order valence-corrected chi connectivity index (χ4v) is 2.61. The summed E-state index contributed by atoms with van der Waals surface area (Å²) in [6, 6.07) is 8.47. The summed E-state index contributed by atoms with van der Waals surface area (Å²) in [5.41, 5.74) is 4.78. The first-order valence-corrected chi connectivity index (χ1v) is 6.42. The summed E-state index contributed by atoms with van der Waals surface area (Å²) in [5, 5.41) is 8.99. The van der Waals surface area contributed by atoms with Crippen molar-refractivity contribution < 1.29 is 0 Å². The van der Waals surface area contributed by atoms with Gasteiger partial charge in [-0.05, 0) is 13.1 Å². The lowest BCUT2D eigenvalue weighted by atomic mass is 10.1. The molecule has 0 aliphatic heterocycles. The number of hydrogen-bond acceptors (Lipinski definition) is 2. The van der Waals surface area contributed by atoms with Gasteiger partial charge < -0.3 is 9.88 Å². The van der Waals surface area contributed by atoms with E-state index in [1.165, 1.54) is 22.0 Å². The highest BCUT2D eigenvalue weighted by Crippen LogP contribution is 2.31. The second kappa shape index (κ2) is 4.55. The van der Waals surface area contributed by atoms with E-state index in [2.05, 4.69) is 58.7 Å². The smallest absolute Gasteiger partial charge is 0.0841 e. The molecule has 0 fully saturated rings. The van der Waals surface area contributed by atoms with Crippen LogP contribution in [0.1, 0.15) is 5.69 Å². The quantitative estimate of drug-likeness (QED) is 0.778. The average Bonchev–Trinajstić information content (AvgIpc) is 2.92. The van der Waals surface area contributed by atoms with Gasteiger partial charge >= 0.3 is 0 Å². The maximum absolute atomic E-state index is 4.54. The van der Waals surface area contributed by atoms with Gasteiger partial charge in [0.1, 0.15) is 0 Å². The van der Waals surface area contributed by atoms with Crippen molar-refractivity contribution in [3.63, 3.8) is 0 Å². The molecule has 0 bridgehead atoms. The molecular weight excluding hydrogens is 236 g/mol. The third-order valence-electron chi connectivity index (χ3n) is 3.44. The van der Waals surface area contributed by atoms with Gasteiger partial charge in [0.25, 0.3) is 0 Å². The van der Waals surface area contributed by atoms with E-state index in [9.17, 15) is 0 Å². The van der Waals surface area contributed by atoms with E-state index >= 15 is 0 Å². The Morgan fingerprint density at radius 2 is 1.89 bits per heavy atom. The molecule has 0 unspecified atom stereocenters. The van der Waals surface area contributed by atoms with E-state index in [0.717, 1.165) is 12.2 Å². The van der Waals surface area contributed by atoms with Crippen LogP contribution in [0.2, 0.25) is 0 Å². The van der Waals surface area contributed by atoms with Crippen LogP contribution in [0.3, 0.4) is 0 Å². The summed E-state index contributed by atoms with van der Waals surface area (Å²) >= 11 is 0. The number of para-hydroxylation sites is 1. The fourth-order valence-electron chi connectivity index (χ4n) is 2.61. The summed E-state index contributed by atoms with van der Waals surface area (Å²) in [6.07, 6.45) is 4.27. The summed E-state index contributed by atoms with van der Waals surface area (Å²) in [6.45, 7) is 0.777. The lowest BCUT2D eigenvalue weighted by Gasteiger charge is -2.00. The molecule has 4 heteroatoms. The molecule has 0 aliphatic rings. The van der Waals surface area contributed by atoms with Crippen molar-refractivity contribution in [2.24, 2.45) is 14.1 Å². The minimum atomic E-state index is 0.777. The molecule has 3 rings (SSSR count). The van der Waals surface area contributed by atoms with Crippen molar-refractivity contribution in [2.45, 2.75) is 6.54 Å². The summed E-state index contributed by atoms with van der Waals surface area (Å²) in [4.78, 5) is 0. The molecule has 0 saturated carbocycles. The van der Waals surface area contributed by atoms with Crippen LogP contribution in [0, 0.1) is 0 Å². The van der Waals surface area contributed by atoms with Crippen LogP contribution < -0.4 is 5.32 Å². The number of benzene rings is 1. The highest BCUT2D eigenvalue weighted by molar-refractivity contribution is 5.96. The first kappa shape index (κ1) is 12.0. The number of aryl methyl sites for hydroxylation is 2. The van der Waals surface area contributed by atoms with E-state index < -0.39 is 0 Å². The van der Waals surface area contributed by atoms with E-state index in [1.54, 1.807) is 0 Å². The van der Waals surface area contributed by atoms with Crippen LogP contribution in [0.4, 0.5) is 0 Å². The van der Waals surface area contributed by atoms with Crippen LogP contribution in [0.25, 0.3) is 22.0 Å². The number of fused-ring (bicyclic) bond motifs is 1. The molecule has 4 nitrogen and oxygen atoms in total. The molecule has 3 aromatic rings. The van der Waals surface area contributed by atoms with Gasteiger partial charge in [-0.3, -0.25) is 4.68 Å². The lowest BCUT2D eigenvalue weighted by Crippen LogP contribution is -2.07. The third kappa shape index (κ3) is 1.94. The van der Waals surface area contributed by atoms with Gasteiger partial charge in [0.05, 0.1) is 5.69 Å². The zero-order valence-electron chi connectivity index (χ0n) is 11.5. The van der Waals surface area contributed by atoms with Crippen LogP contribution in [-0.4, -0.2) is 21.4 Å². The van der Waals surface area contributed by atoms with Crippen molar-refractivity contribution in [1.82, 2.24) is 19.7 Å². The monoisotopic (exact) mass is 254 g/mol. The number of aromatic nitrogens is 3. The SMILES string of the molecule is CNCc1nn(C)cc1-c1cn(C)c2ccccc12. The standard InChI is InChI=1S/C15H18N4/c1-16-8-14-13(10-19(3)17-14)12-9-18(2)15-7-5-4-6-11(12)15/h4-7,9-10,16H,8H2,1-3H3. The molecule has 0 atom stereocenters. The summed E-state index contributed by atoms with van der Waals surface area (Å²) in [7, 11) is 6.00. The molecule has 19 heavy (non-hydrogen) atoms. The summed E-state index contributed by atoms with van der Waals surface area (Å²) in [5.74, 6) is 0. The second-order valence-corrected chi connectivity index (χ2v) is 4.86. The number of nitrogens with zero attached hydrogens (tertiary/aromatic N) is 3. The van der Waals surface area contributed by atoms with Crippen molar-refractivity contribution in [2.75, 3.05) is 7.05 Å². The Hall–Kier alpha value is -2.07. The minimum absolute atomic E-state index is 0.777. The van der Waals surface area contributed by atoms with Gasteiger partial charge in [0, 0.05) is 55.1 Å². The second-order valence-electron chi connectivity index (χ2n) is 4.86. The molecule has 0 spiro atoms. The van der Waals surface area contributed by atoms with Crippen molar-refractivity contribution >= 4 is 10.9 Å². The summed E-state index contributed by atoms with van der Waals surface area (Å²) < 4.78 is 4.05. The first-order chi connectivity index (χ1) is 9.20. The Labute approximate surface area is 112 Å². The Morgan fingerprint density at radius 1 is 1.11 bits per heavy atom. The Morgan fingerprint density at radius 3 is 2.68 bits per heavy atom. The molecular formula is C15H18N4. The lowest BCUT2D eigenvalue weighted by molar-refractivity contribution is 0.712. The largest absolute Gasteiger partial charge is 0.350 e. The molecule has 98 valence electrons. The predicted molar refractivity (Wildman–Crippen MR) is 77.9 cm³/mol. The van der Waals surface area contributed by atoms with Gasteiger partial charge in [0.2, 0.25) is 0 Å². The van der Waals surface area contributed by atoms with Gasteiger partial charge in [-0.2, -0.15) is 5.10 Å². The fraction of sp³-hybridized carbons (Fsp3) is 0.267. The molecule has 0 radical (unpaired) electrons. The maximum Gasteiger partial charge on any atom is 0.0841 e. The molecule has 0 saturated heterocycles. The van der Waals surface area contributed by atoms with Crippen molar-refractivity contribution in [3.05, 3.63) is 42.4 Å². The predicted octanol–water partition coefficient (Wildman–Crippen LogP) is 2.30. The topological polar surface area (TPSA) is 34.8 Å². The van der Waals surface area contributed by atoms with Crippen LogP contribution >= 0.6 is 0 Å². The van der Waals surface area contributed by atoms with Crippen LogP contribution in [0.15, 0.2) is 36.7 Å². The third-order valence-corrected chi connectivity index (χ3v) is 3.44. The zero-order valence-corrected chi connectivity index (χ0v) is 11.5. The highest BCUT2D eigenvalue weighted by atomic mass is 15.3. The normalized spacial score (nSPS) is 11.3. The van der Waals surface area contributed by atoms with Crippen molar-refractivity contribution in [3.8, 4) is 11.1 Å². The van der Waals surface area contributed by atoms with Crippen LogP contribution in [0.5, 0.6) is 0 Å². The average molecular weight is 254 g/mol.